The molecule has 120 valence electrons. The van der Waals surface area contributed by atoms with Gasteiger partial charge in [0.05, 0.1) is 18.9 Å². The van der Waals surface area contributed by atoms with E-state index in [1.807, 2.05) is 41.8 Å². The average molecular weight is 393 g/mol. The Morgan fingerprint density at radius 3 is 2.74 bits per heavy atom. The smallest absolute Gasteiger partial charge is 0.187 e. The van der Waals surface area contributed by atoms with Gasteiger partial charge in [-0.25, -0.2) is 4.98 Å². The fourth-order valence-corrected chi connectivity index (χ4v) is 3.39. The van der Waals surface area contributed by atoms with E-state index in [0.717, 1.165) is 38.7 Å². The van der Waals surface area contributed by atoms with E-state index in [4.69, 9.17) is 9.47 Å². The van der Waals surface area contributed by atoms with Crippen LogP contribution in [0.4, 0.5) is 10.8 Å². The van der Waals surface area contributed by atoms with Crippen LogP contribution in [0, 0.1) is 0 Å². The number of hydrogen-bond acceptors (Lipinski definition) is 5. The first-order valence-corrected chi connectivity index (χ1v) is 8.83. The van der Waals surface area contributed by atoms with Gasteiger partial charge in [0.2, 0.25) is 0 Å². The van der Waals surface area contributed by atoms with Crippen LogP contribution < -0.4 is 5.32 Å². The lowest BCUT2D eigenvalue weighted by Crippen LogP contribution is -2.13. The van der Waals surface area contributed by atoms with Crippen LogP contribution in [0.25, 0.3) is 5.57 Å². The Labute approximate surface area is 148 Å². The molecule has 23 heavy (non-hydrogen) atoms. The minimum atomic E-state index is 0.0634. The van der Waals surface area contributed by atoms with E-state index in [2.05, 4.69) is 26.2 Å². The number of anilines is 2. The summed E-state index contributed by atoms with van der Waals surface area (Å²) in [6, 6.07) is 8.01. The Morgan fingerprint density at radius 2 is 2.04 bits per heavy atom. The van der Waals surface area contributed by atoms with Gasteiger partial charge in [-0.15, -0.1) is 11.3 Å². The monoisotopic (exact) mass is 392 g/mol. The summed E-state index contributed by atoms with van der Waals surface area (Å²) in [5, 5.41) is 6.22. The Balaban J connectivity index is 1.81. The van der Waals surface area contributed by atoms with Gasteiger partial charge in [0.15, 0.2) is 5.13 Å². The van der Waals surface area contributed by atoms with Gasteiger partial charge in [-0.2, -0.15) is 0 Å². The Bertz CT molecular complexity index is 737. The molecule has 4 nitrogen and oxygen atoms in total. The van der Waals surface area contributed by atoms with Crippen molar-refractivity contribution < 1.29 is 9.47 Å². The van der Waals surface area contributed by atoms with Gasteiger partial charge in [-0.3, -0.25) is 0 Å². The topological polar surface area (TPSA) is 43.4 Å². The van der Waals surface area contributed by atoms with Crippen LogP contribution in [-0.2, 0) is 9.47 Å². The molecule has 1 aliphatic rings. The summed E-state index contributed by atoms with van der Waals surface area (Å²) in [4.78, 5) is 4.69. The van der Waals surface area contributed by atoms with E-state index in [9.17, 15) is 0 Å². The second kappa shape index (κ2) is 7.29. The van der Waals surface area contributed by atoms with E-state index in [1.54, 1.807) is 25.6 Å². The third-order valence-electron chi connectivity index (χ3n) is 3.60. The number of aromatic nitrogens is 1. The quantitative estimate of drug-likeness (QED) is 0.778. The maximum absolute atomic E-state index is 5.47. The van der Waals surface area contributed by atoms with E-state index >= 15 is 0 Å². The van der Waals surface area contributed by atoms with Crippen molar-refractivity contribution in [2.75, 3.05) is 19.5 Å². The number of methoxy groups -OCH3 is 2. The molecule has 1 aromatic carbocycles. The van der Waals surface area contributed by atoms with Crippen LogP contribution in [0.3, 0.4) is 0 Å². The summed E-state index contributed by atoms with van der Waals surface area (Å²) in [6.45, 7) is 0. The fraction of sp³-hybridized carbons (Fsp3) is 0.235. The number of ether oxygens (including phenoxy) is 2. The molecule has 1 unspecified atom stereocenters. The molecule has 1 aromatic heterocycles. The van der Waals surface area contributed by atoms with Gasteiger partial charge in [0, 0.05) is 34.6 Å². The van der Waals surface area contributed by atoms with Crippen LogP contribution >= 0.6 is 27.3 Å². The number of thiazole rings is 1. The largest absolute Gasteiger partial charge is 0.496 e. The minimum absolute atomic E-state index is 0.0634. The highest BCUT2D eigenvalue weighted by molar-refractivity contribution is 9.10. The predicted octanol–water partition coefficient (Wildman–Crippen LogP) is 4.98. The second-order valence-electron chi connectivity index (χ2n) is 5.05. The van der Waals surface area contributed by atoms with Gasteiger partial charge in [-0.05, 0) is 30.3 Å². The lowest BCUT2D eigenvalue weighted by Gasteiger charge is -2.19. The molecule has 0 aliphatic heterocycles. The highest BCUT2D eigenvalue weighted by atomic mass is 79.9. The zero-order valence-corrected chi connectivity index (χ0v) is 15.3. The molecule has 1 heterocycles. The normalized spacial score (nSPS) is 17.4. The van der Waals surface area contributed by atoms with Crippen molar-refractivity contribution in [1.82, 2.24) is 4.98 Å². The Kier molecular flexibility index (Phi) is 5.15. The molecule has 1 N–H and O–H groups in total. The zero-order valence-electron chi connectivity index (χ0n) is 12.9. The molecule has 0 amide bonds. The van der Waals surface area contributed by atoms with Gasteiger partial charge < -0.3 is 14.8 Å². The maximum Gasteiger partial charge on any atom is 0.187 e. The third-order valence-corrected chi connectivity index (χ3v) is 4.88. The van der Waals surface area contributed by atoms with Crippen LogP contribution in [0.15, 0.2) is 52.0 Å². The lowest BCUT2D eigenvalue weighted by atomic mass is 9.99. The first kappa shape index (κ1) is 16.2. The standard InChI is InChI=1S/C17H17BrN2O2S/c1-21-13-7-8-16(22-2)14(9-13)15-10-23-17(20-15)19-12-5-3-11(18)4-6-12/h3-8,10,13H,9H2,1-2H3,(H,19,20). The van der Waals surface area contributed by atoms with Crippen molar-refractivity contribution in [3.63, 3.8) is 0 Å². The van der Waals surface area contributed by atoms with E-state index in [1.165, 1.54) is 0 Å². The van der Waals surface area contributed by atoms with Crippen molar-refractivity contribution >= 4 is 43.7 Å². The number of rotatable bonds is 5. The van der Waals surface area contributed by atoms with Crippen LogP contribution in [0.2, 0.25) is 0 Å². The van der Waals surface area contributed by atoms with Crippen molar-refractivity contribution in [2.45, 2.75) is 12.5 Å². The van der Waals surface area contributed by atoms with Gasteiger partial charge >= 0.3 is 0 Å². The number of halogens is 1. The summed E-state index contributed by atoms with van der Waals surface area (Å²) in [5.74, 6) is 0.846. The first-order chi connectivity index (χ1) is 11.2. The molecule has 1 atom stereocenters. The van der Waals surface area contributed by atoms with E-state index in [-0.39, 0.29) is 6.10 Å². The molecule has 6 heteroatoms. The summed E-state index contributed by atoms with van der Waals surface area (Å²) in [6.07, 6.45) is 4.79. The minimum Gasteiger partial charge on any atom is -0.496 e. The maximum atomic E-state index is 5.47. The Morgan fingerprint density at radius 1 is 1.26 bits per heavy atom. The van der Waals surface area contributed by atoms with Crippen molar-refractivity contribution in [3.8, 4) is 0 Å². The van der Waals surface area contributed by atoms with Gasteiger partial charge in [0.25, 0.3) is 0 Å². The highest BCUT2D eigenvalue weighted by Gasteiger charge is 2.20. The predicted molar refractivity (Wildman–Crippen MR) is 98.0 cm³/mol. The summed E-state index contributed by atoms with van der Waals surface area (Å²) in [7, 11) is 3.39. The van der Waals surface area contributed by atoms with E-state index in [0.29, 0.717) is 0 Å². The van der Waals surface area contributed by atoms with Crippen LogP contribution in [0.5, 0.6) is 0 Å². The molecule has 1 aliphatic carbocycles. The summed E-state index contributed by atoms with van der Waals surface area (Å²) in [5.41, 5.74) is 3.01. The molecule has 0 bridgehead atoms. The lowest BCUT2D eigenvalue weighted by molar-refractivity contribution is 0.142. The number of benzene rings is 1. The Hall–Kier alpha value is -1.63. The molecular formula is C17H17BrN2O2S. The molecule has 0 fully saturated rings. The summed E-state index contributed by atoms with van der Waals surface area (Å²) >= 11 is 5.01. The second-order valence-corrected chi connectivity index (χ2v) is 6.83. The SMILES string of the molecule is COC1=C(c2csc(Nc3ccc(Br)cc3)n2)CC(OC)C=C1. The van der Waals surface area contributed by atoms with Crippen molar-refractivity contribution in [1.29, 1.82) is 0 Å². The number of allylic oxidation sites excluding steroid dienone is 1. The van der Waals surface area contributed by atoms with Crippen molar-refractivity contribution in [2.24, 2.45) is 0 Å². The molecule has 0 spiro atoms. The van der Waals surface area contributed by atoms with Gasteiger partial charge in [0.1, 0.15) is 5.76 Å². The molecule has 0 saturated heterocycles. The fourth-order valence-electron chi connectivity index (χ4n) is 2.38. The number of nitrogens with one attached hydrogen (secondary N) is 1. The van der Waals surface area contributed by atoms with E-state index < -0.39 is 0 Å². The highest BCUT2D eigenvalue weighted by Crippen LogP contribution is 2.33. The van der Waals surface area contributed by atoms with Crippen LogP contribution in [0.1, 0.15) is 12.1 Å². The molecular weight excluding hydrogens is 376 g/mol. The molecule has 0 saturated carbocycles. The van der Waals surface area contributed by atoms with Crippen LogP contribution in [-0.4, -0.2) is 25.3 Å². The number of nitrogens with zero attached hydrogens (tertiary/aromatic N) is 1. The number of hydrogen-bond donors (Lipinski definition) is 1. The first-order valence-electron chi connectivity index (χ1n) is 7.16. The molecule has 3 rings (SSSR count). The summed E-state index contributed by atoms with van der Waals surface area (Å²) < 4.78 is 11.9. The zero-order chi connectivity index (χ0) is 16.2. The molecule has 2 aromatic rings. The molecule has 0 radical (unpaired) electrons. The van der Waals surface area contributed by atoms with Gasteiger partial charge in [-0.1, -0.05) is 22.0 Å². The average Bonchev–Trinajstić information content (AvgIpc) is 3.04. The van der Waals surface area contributed by atoms with Crippen molar-refractivity contribution in [3.05, 3.63) is 57.7 Å². The third kappa shape index (κ3) is 3.83.